The summed E-state index contributed by atoms with van der Waals surface area (Å²) in [5.41, 5.74) is 5.68. The number of rotatable bonds is 8. The second-order valence-corrected chi connectivity index (χ2v) is 6.96. The number of pyridine rings is 1. The first-order chi connectivity index (χ1) is 13.8. The van der Waals surface area contributed by atoms with Crippen LogP contribution < -0.4 is 15.4 Å². The van der Waals surface area contributed by atoms with Crippen molar-refractivity contribution in [2.45, 2.75) is 26.0 Å². The van der Waals surface area contributed by atoms with Crippen molar-refractivity contribution in [2.75, 3.05) is 11.5 Å². The minimum atomic E-state index is -1.62. The van der Waals surface area contributed by atoms with E-state index in [1.807, 2.05) is 6.07 Å². The van der Waals surface area contributed by atoms with E-state index in [0.717, 1.165) is 10.4 Å². The van der Waals surface area contributed by atoms with Gasteiger partial charge in [-0.25, -0.2) is 4.39 Å². The molecule has 0 saturated heterocycles. The lowest BCUT2D eigenvalue weighted by Gasteiger charge is -2.34. The number of anilines is 1. The number of primary amides is 1. The average molecular weight is 399 g/mol. The molecule has 2 aromatic heterocycles. The van der Waals surface area contributed by atoms with Crippen molar-refractivity contribution in [3.05, 3.63) is 65.6 Å². The average Bonchev–Trinajstić information content (AvgIpc) is 3.03. The highest BCUT2D eigenvalue weighted by Gasteiger charge is 2.39. The Bertz CT molecular complexity index is 1070. The van der Waals surface area contributed by atoms with Gasteiger partial charge in [0.25, 0.3) is 0 Å². The summed E-state index contributed by atoms with van der Waals surface area (Å²) in [7, 11) is 0. The van der Waals surface area contributed by atoms with E-state index in [1.54, 1.807) is 47.9 Å². The Morgan fingerprint density at radius 2 is 2.07 bits per heavy atom. The first-order valence-corrected chi connectivity index (χ1v) is 8.95. The van der Waals surface area contributed by atoms with Gasteiger partial charge in [0.1, 0.15) is 29.5 Å². The quantitative estimate of drug-likeness (QED) is 0.567. The highest BCUT2D eigenvalue weighted by atomic mass is 19.1. The highest BCUT2D eigenvalue weighted by molar-refractivity contribution is 5.95. The van der Waals surface area contributed by atoms with Gasteiger partial charge in [-0.3, -0.25) is 18.9 Å². The molecule has 0 saturated carbocycles. The van der Waals surface area contributed by atoms with Gasteiger partial charge in [-0.1, -0.05) is 18.2 Å². The molecule has 29 heavy (non-hydrogen) atoms. The van der Waals surface area contributed by atoms with E-state index in [-0.39, 0.29) is 12.4 Å². The van der Waals surface area contributed by atoms with Crippen molar-refractivity contribution >= 4 is 23.7 Å². The molecule has 3 aromatic rings. The molecule has 0 bridgehead atoms. The number of hydrogen-bond acceptors (Lipinski definition) is 4. The molecule has 3 rings (SSSR count). The molecule has 1 aromatic carbocycles. The molecule has 1 unspecified atom stereocenters. The van der Waals surface area contributed by atoms with Crippen LogP contribution >= 0.6 is 0 Å². The van der Waals surface area contributed by atoms with Crippen molar-refractivity contribution in [2.24, 2.45) is 5.73 Å². The monoisotopic (exact) mass is 399 g/mol. The molecule has 7 nitrogen and oxygen atoms in total. The maximum Gasteiger partial charge on any atom is 0.245 e. The van der Waals surface area contributed by atoms with Gasteiger partial charge in [-0.2, -0.15) is 0 Å². The van der Waals surface area contributed by atoms with Crippen LogP contribution in [0.4, 0.5) is 10.2 Å². The third-order valence-electron chi connectivity index (χ3n) is 4.95. The van der Waals surface area contributed by atoms with Crippen molar-refractivity contribution < 1.29 is 23.8 Å². The highest BCUT2D eigenvalue weighted by Crippen LogP contribution is 2.31. The predicted octanol–water partition coefficient (Wildman–Crippen LogP) is 2.16. The topological polar surface area (TPSA) is 97.3 Å². The van der Waals surface area contributed by atoms with E-state index in [0.29, 0.717) is 29.1 Å². The van der Waals surface area contributed by atoms with Crippen LogP contribution in [-0.4, -0.2) is 34.0 Å². The normalized spacial score (nSPS) is 13.1. The van der Waals surface area contributed by atoms with Crippen LogP contribution in [0.2, 0.25) is 0 Å². The van der Waals surface area contributed by atoms with Gasteiger partial charge in [-0.15, -0.1) is 0 Å². The number of nitrogens with zero attached hydrogens (tertiary/aromatic N) is 2. The Hall–Kier alpha value is -3.39. The van der Waals surface area contributed by atoms with E-state index in [9.17, 15) is 19.1 Å². The summed E-state index contributed by atoms with van der Waals surface area (Å²) in [4.78, 5) is 24.9. The molecule has 152 valence electrons. The number of aryl methyl sites for hydroxylation is 1. The third-order valence-corrected chi connectivity index (χ3v) is 4.95. The molecule has 2 amide bonds. The first kappa shape index (κ1) is 20.3. The molecule has 0 spiro atoms. The van der Waals surface area contributed by atoms with Gasteiger partial charge < -0.3 is 15.6 Å². The Morgan fingerprint density at radius 3 is 2.69 bits per heavy atom. The van der Waals surface area contributed by atoms with Gasteiger partial charge in [0.15, 0.2) is 0 Å². The van der Waals surface area contributed by atoms with Crippen LogP contribution in [-0.2, 0) is 16.2 Å². The smallest absolute Gasteiger partial charge is 0.245 e. The van der Waals surface area contributed by atoms with E-state index in [1.165, 1.54) is 13.0 Å². The van der Waals surface area contributed by atoms with Crippen LogP contribution in [0, 0.1) is 12.7 Å². The summed E-state index contributed by atoms with van der Waals surface area (Å²) in [5, 5.41) is 9.74. The molecule has 8 heteroatoms. The number of carbonyl (C=O) groups excluding carboxylic acids is 2. The molecule has 1 atom stereocenters. The van der Waals surface area contributed by atoms with E-state index >= 15 is 0 Å². The lowest BCUT2D eigenvalue weighted by molar-refractivity contribution is -0.126. The number of aliphatic hydroxyl groups excluding tert-OH is 1. The van der Waals surface area contributed by atoms with Gasteiger partial charge >= 0.3 is 0 Å². The van der Waals surface area contributed by atoms with Gasteiger partial charge in [0.2, 0.25) is 12.3 Å². The number of aliphatic hydroxyl groups is 1. The number of carbonyl (C=O) groups is 2. The summed E-state index contributed by atoms with van der Waals surface area (Å²) in [6.45, 7) is 2.55. The lowest BCUT2D eigenvalue weighted by atomic mass is 10.0. The zero-order chi connectivity index (χ0) is 21.2. The second kappa shape index (κ2) is 7.92. The standard InChI is InChI=1S/C21H22FN3O4/c1-14-9-16-7-8-17(29-11-15-5-3-4-6-18(15)22)10-24(16)19(14)25(13-27)21(2,12-26)20(23)28/h3-10,13,26H,11-12H2,1-2H3,(H2,23,28). The predicted molar refractivity (Wildman–Crippen MR) is 106 cm³/mol. The SMILES string of the molecule is Cc1cc2ccc(OCc3ccccc3F)cn2c1N(C=O)C(C)(CO)C(N)=O. The van der Waals surface area contributed by atoms with Crippen LogP contribution in [0.5, 0.6) is 5.75 Å². The zero-order valence-electron chi connectivity index (χ0n) is 16.1. The first-order valence-electron chi connectivity index (χ1n) is 8.95. The maximum absolute atomic E-state index is 13.8. The molecule has 0 radical (unpaired) electrons. The summed E-state index contributed by atoms with van der Waals surface area (Å²) in [6, 6.07) is 11.6. The Morgan fingerprint density at radius 1 is 1.34 bits per heavy atom. The Kier molecular flexibility index (Phi) is 5.56. The van der Waals surface area contributed by atoms with Gasteiger partial charge in [0, 0.05) is 11.1 Å². The van der Waals surface area contributed by atoms with Crippen LogP contribution in [0.15, 0.2) is 48.7 Å². The number of halogens is 1. The number of fused-ring (bicyclic) bond motifs is 1. The van der Waals surface area contributed by atoms with E-state index in [4.69, 9.17) is 10.5 Å². The molecule has 0 fully saturated rings. The van der Waals surface area contributed by atoms with Gasteiger partial charge in [-0.05, 0) is 43.7 Å². The number of nitrogens with two attached hydrogens (primary N) is 1. The van der Waals surface area contributed by atoms with Crippen molar-refractivity contribution in [1.82, 2.24) is 4.40 Å². The summed E-state index contributed by atoms with van der Waals surface area (Å²) < 4.78 is 21.2. The summed E-state index contributed by atoms with van der Waals surface area (Å²) in [6.07, 6.45) is 2.09. The fraction of sp³-hybridized carbons (Fsp3) is 0.238. The van der Waals surface area contributed by atoms with E-state index < -0.39 is 18.1 Å². The Balaban J connectivity index is 2.01. The van der Waals surface area contributed by atoms with Crippen LogP contribution in [0.3, 0.4) is 0 Å². The van der Waals surface area contributed by atoms with Gasteiger partial charge in [0.05, 0.1) is 12.8 Å². The van der Waals surface area contributed by atoms with Crippen molar-refractivity contribution in [3.63, 3.8) is 0 Å². The molecule has 2 heterocycles. The largest absolute Gasteiger partial charge is 0.487 e. The molecule has 3 N–H and O–H groups in total. The zero-order valence-corrected chi connectivity index (χ0v) is 16.1. The van der Waals surface area contributed by atoms with E-state index in [2.05, 4.69) is 0 Å². The lowest BCUT2D eigenvalue weighted by Crippen LogP contribution is -2.58. The fourth-order valence-electron chi connectivity index (χ4n) is 3.11. The van der Waals surface area contributed by atoms with Crippen LogP contribution in [0.1, 0.15) is 18.1 Å². The minimum Gasteiger partial charge on any atom is -0.487 e. The van der Waals surface area contributed by atoms with Crippen molar-refractivity contribution in [3.8, 4) is 5.75 Å². The molecule has 0 aliphatic heterocycles. The van der Waals surface area contributed by atoms with Crippen molar-refractivity contribution in [1.29, 1.82) is 0 Å². The number of ether oxygens (including phenoxy) is 1. The molecule has 0 aliphatic carbocycles. The second-order valence-electron chi connectivity index (χ2n) is 6.96. The Labute approximate surface area is 167 Å². The number of aromatic nitrogens is 1. The fourth-order valence-corrected chi connectivity index (χ4v) is 3.11. The summed E-state index contributed by atoms with van der Waals surface area (Å²) >= 11 is 0. The summed E-state index contributed by atoms with van der Waals surface area (Å²) in [5.74, 6) is -0.387. The minimum absolute atomic E-state index is 0.0286. The third kappa shape index (κ3) is 3.66. The number of benzene rings is 1. The molecular weight excluding hydrogens is 377 g/mol. The number of hydrogen-bond donors (Lipinski definition) is 2. The maximum atomic E-state index is 13.8. The molecular formula is C21H22FN3O4. The number of amides is 2. The molecule has 0 aliphatic rings. The van der Waals surface area contributed by atoms with Crippen LogP contribution in [0.25, 0.3) is 5.52 Å².